The van der Waals surface area contributed by atoms with Crippen LogP contribution in [0.25, 0.3) is 0 Å². The Morgan fingerprint density at radius 1 is 1.50 bits per heavy atom. The molecule has 2 unspecified atom stereocenters. The van der Waals surface area contributed by atoms with Gasteiger partial charge in [0.1, 0.15) is 5.82 Å². The highest BCUT2D eigenvalue weighted by molar-refractivity contribution is 5.52. The summed E-state index contributed by atoms with van der Waals surface area (Å²) in [5.41, 5.74) is 1.17. The second kappa shape index (κ2) is 6.05. The minimum Gasteiger partial charge on any atom is -0.382 e. The fourth-order valence-corrected chi connectivity index (χ4v) is 2.58. The molecule has 1 aromatic rings. The molecule has 0 spiro atoms. The van der Waals surface area contributed by atoms with E-state index < -0.39 is 0 Å². The molecule has 4 heteroatoms. The van der Waals surface area contributed by atoms with Gasteiger partial charge in [0, 0.05) is 37.1 Å². The summed E-state index contributed by atoms with van der Waals surface area (Å²) in [6.45, 7) is 7.65. The summed E-state index contributed by atoms with van der Waals surface area (Å²) in [6, 6.07) is 4.71. The molecule has 2 atom stereocenters. The van der Waals surface area contributed by atoms with Gasteiger partial charge in [-0.1, -0.05) is 6.92 Å². The summed E-state index contributed by atoms with van der Waals surface area (Å²) < 4.78 is 0. The van der Waals surface area contributed by atoms with Crippen LogP contribution in [-0.2, 0) is 0 Å². The molecule has 0 aromatic carbocycles. The Balaban J connectivity index is 1.98. The molecule has 0 amide bonds. The molecule has 18 heavy (non-hydrogen) atoms. The molecule has 1 saturated heterocycles. The molecule has 1 fully saturated rings. The van der Waals surface area contributed by atoms with Crippen LogP contribution >= 0.6 is 0 Å². The maximum Gasteiger partial charge on any atom is 0.127 e. The lowest BCUT2D eigenvalue weighted by atomic mass is 9.94. The molecule has 1 aromatic heterocycles. The number of nitrogens with zero attached hydrogens (tertiary/aromatic N) is 2. The number of aromatic nitrogens is 1. The van der Waals surface area contributed by atoms with E-state index in [0.29, 0.717) is 12.0 Å². The van der Waals surface area contributed by atoms with Crippen molar-refractivity contribution in [2.45, 2.75) is 26.3 Å². The van der Waals surface area contributed by atoms with Crippen LogP contribution < -0.4 is 10.6 Å². The highest BCUT2D eigenvalue weighted by Crippen LogP contribution is 2.21. The monoisotopic (exact) mass is 248 g/mol. The average Bonchev–Trinajstić information content (AvgIpc) is 2.34. The van der Waals surface area contributed by atoms with Crippen LogP contribution in [0.15, 0.2) is 18.3 Å². The van der Waals surface area contributed by atoms with Crippen LogP contribution in [0.2, 0.25) is 0 Å². The number of nitrogens with one attached hydrogen (secondary N) is 2. The Kier molecular flexibility index (Phi) is 4.42. The standard InChI is InChI=1S/C14H24N4/c1-4-15-14-9-12(5-7-16-14)17-13-6-8-18(3)10-11(13)2/h5,7,9,11,13H,4,6,8,10H2,1-3H3,(H2,15,16,17). The van der Waals surface area contributed by atoms with Crippen molar-refractivity contribution in [3.63, 3.8) is 0 Å². The van der Waals surface area contributed by atoms with E-state index in [9.17, 15) is 0 Å². The van der Waals surface area contributed by atoms with Crippen LogP contribution in [0.5, 0.6) is 0 Å². The Morgan fingerprint density at radius 3 is 3.06 bits per heavy atom. The first kappa shape index (κ1) is 13.1. The number of hydrogen-bond acceptors (Lipinski definition) is 4. The number of rotatable bonds is 4. The summed E-state index contributed by atoms with van der Waals surface area (Å²) >= 11 is 0. The van der Waals surface area contributed by atoms with Crippen molar-refractivity contribution in [1.82, 2.24) is 9.88 Å². The van der Waals surface area contributed by atoms with Gasteiger partial charge in [-0.2, -0.15) is 0 Å². The van der Waals surface area contributed by atoms with E-state index in [1.165, 1.54) is 25.2 Å². The van der Waals surface area contributed by atoms with Gasteiger partial charge in [-0.3, -0.25) is 0 Å². The van der Waals surface area contributed by atoms with Crippen molar-refractivity contribution < 1.29 is 0 Å². The van der Waals surface area contributed by atoms with Crippen LogP contribution in [0.3, 0.4) is 0 Å². The highest BCUT2D eigenvalue weighted by atomic mass is 15.1. The fourth-order valence-electron chi connectivity index (χ4n) is 2.58. The van der Waals surface area contributed by atoms with Crippen LogP contribution in [0.4, 0.5) is 11.5 Å². The van der Waals surface area contributed by atoms with Crippen molar-refractivity contribution in [3.8, 4) is 0 Å². The molecular formula is C14H24N4. The maximum absolute atomic E-state index is 4.29. The predicted octanol–water partition coefficient (Wildman–Crippen LogP) is 2.27. The quantitative estimate of drug-likeness (QED) is 0.857. The second-order valence-electron chi connectivity index (χ2n) is 5.24. The molecule has 2 N–H and O–H groups in total. The van der Waals surface area contributed by atoms with Crippen LogP contribution in [-0.4, -0.2) is 42.6 Å². The van der Waals surface area contributed by atoms with Gasteiger partial charge in [0.15, 0.2) is 0 Å². The fraction of sp³-hybridized carbons (Fsp3) is 0.643. The minimum atomic E-state index is 0.568. The lowest BCUT2D eigenvalue weighted by molar-refractivity contribution is 0.206. The summed E-state index contributed by atoms with van der Waals surface area (Å²) in [7, 11) is 2.20. The molecule has 0 saturated carbocycles. The first-order valence-corrected chi connectivity index (χ1v) is 6.84. The number of pyridine rings is 1. The third-order valence-corrected chi connectivity index (χ3v) is 3.58. The zero-order valence-corrected chi connectivity index (χ0v) is 11.6. The van der Waals surface area contributed by atoms with E-state index in [1.54, 1.807) is 0 Å². The van der Waals surface area contributed by atoms with Gasteiger partial charge in [-0.15, -0.1) is 0 Å². The Bertz CT molecular complexity index is 380. The number of piperidine rings is 1. The molecule has 0 aliphatic carbocycles. The topological polar surface area (TPSA) is 40.2 Å². The van der Waals surface area contributed by atoms with Crippen molar-refractivity contribution in [2.24, 2.45) is 5.92 Å². The number of hydrogen-bond donors (Lipinski definition) is 2. The van der Waals surface area contributed by atoms with Crippen molar-refractivity contribution >= 4 is 11.5 Å². The molecule has 0 radical (unpaired) electrons. The largest absolute Gasteiger partial charge is 0.382 e. The summed E-state index contributed by atoms with van der Waals surface area (Å²) in [6.07, 6.45) is 3.07. The first-order valence-electron chi connectivity index (χ1n) is 6.84. The third kappa shape index (κ3) is 3.35. The van der Waals surface area contributed by atoms with Gasteiger partial charge in [0.2, 0.25) is 0 Å². The van der Waals surface area contributed by atoms with Crippen molar-refractivity contribution in [1.29, 1.82) is 0 Å². The Morgan fingerprint density at radius 2 is 2.33 bits per heavy atom. The van der Waals surface area contributed by atoms with Crippen LogP contribution in [0.1, 0.15) is 20.3 Å². The number of anilines is 2. The summed E-state index contributed by atoms with van der Waals surface area (Å²) in [5, 5.41) is 6.89. The smallest absolute Gasteiger partial charge is 0.127 e. The molecule has 0 bridgehead atoms. The molecule has 2 heterocycles. The van der Waals surface area contributed by atoms with E-state index >= 15 is 0 Å². The van der Waals surface area contributed by atoms with E-state index in [1.807, 2.05) is 12.3 Å². The molecule has 4 nitrogen and oxygen atoms in total. The van der Waals surface area contributed by atoms with E-state index in [2.05, 4.69) is 47.5 Å². The summed E-state index contributed by atoms with van der Waals surface area (Å²) in [5.74, 6) is 1.63. The average molecular weight is 248 g/mol. The maximum atomic E-state index is 4.29. The molecule has 1 aliphatic heterocycles. The van der Waals surface area contributed by atoms with Gasteiger partial charge < -0.3 is 15.5 Å². The van der Waals surface area contributed by atoms with E-state index in [0.717, 1.165) is 12.4 Å². The van der Waals surface area contributed by atoms with E-state index in [-0.39, 0.29) is 0 Å². The van der Waals surface area contributed by atoms with Crippen molar-refractivity contribution in [3.05, 3.63) is 18.3 Å². The SMILES string of the molecule is CCNc1cc(NC2CCN(C)CC2C)ccn1. The van der Waals surface area contributed by atoms with Crippen LogP contribution in [0, 0.1) is 5.92 Å². The summed E-state index contributed by atoms with van der Waals surface area (Å²) in [4.78, 5) is 6.70. The van der Waals surface area contributed by atoms with Gasteiger partial charge in [0.25, 0.3) is 0 Å². The Hall–Kier alpha value is -1.29. The number of likely N-dealkylation sites (tertiary alicyclic amines) is 1. The predicted molar refractivity (Wildman–Crippen MR) is 77.1 cm³/mol. The van der Waals surface area contributed by atoms with Crippen molar-refractivity contribution in [2.75, 3.05) is 37.3 Å². The minimum absolute atomic E-state index is 0.568. The second-order valence-corrected chi connectivity index (χ2v) is 5.24. The first-order chi connectivity index (χ1) is 8.69. The lowest BCUT2D eigenvalue weighted by Gasteiger charge is -2.35. The Labute approximate surface area is 110 Å². The lowest BCUT2D eigenvalue weighted by Crippen LogP contribution is -2.43. The molecule has 2 rings (SSSR count). The zero-order valence-electron chi connectivity index (χ0n) is 11.6. The highest BCUT2D eigenvalue weighted by Gasteiger charge is 2.23. The van der Waals surface area contributed by atoms with Gasteiger partial charge in [-0.05, 0) is 38.9 Å². The molecular weight excluding hydrogens is 224 g/mol. The third-order valence-electron chi connectivity index (χ3n) is 3.58. The zero-order chi connectivity index (χ0) is 13.0. The normalized spacial score (nSPS) is 24.8. The van der Waals surface area contributed by atoms with Gasteiger partial charge >= 0.3 is 0 Å². The van der Waals surface area contributed by atoms with Gasteiger partial charge in [0.05, 0.1) is 0 Å². The van der Waals surface area contributed by atoms with E-state index in [4.69, 9.17) is 0 Å². The van der Waals surface area contributed by atoms with Gasteiger partial charge in [-0.25, -0.2) is 4.98 Å². The molecule has 100 valence electrons. The molecule has 1 aliphatic rings.